The van der Waals surface area contributed by atoms with Gasteiger partial charge in [-0.1, -0.05) is 6.92 Å². The first kappa shape index (κ1) is 11.1. The van der Waals surface area contributed by atoms with Crippen molar-refractivity contribution in [3.05, 3.63) is 15.6 Å². The molecule has 1 aliphatic rings. The fourth-order valence-corrected chi connectivity index (χ4v) is 3.44. The average molecular weight is 224 g/mol. The number of unbranched alkanes of at least 4 members (excludes halogenated alkanes) is 1. The van der Waals surface area contributed by atoms with Crippen LogP contribution in [-0.2, 0) is 19.3 Å². The third-order valence-electron chi connectivity index (χ3n) is 3.08. The van der Waals surface area contributed by atoms with Crippen LogP contribution in [0.1, 0.15) is 41.8 Å². The minimum Gasteiger partial charge on any atom is -0.330 e. The van der Waals surface area contributed by atoms with Gasteiger partial charge in [0.25, 0.3) is 0 Å². The van der Waals surface area contributed by atoms with E-state index >= 15 is 0 Å². The summed E-state index contributed by atoms with van der Waals surface area (Å²) in [6, 6.07) is 0. The molecule has 15 heavy (non-hydrogen) atoms. The Morgan fingerprint density at radius 2 is 2.33 bits per heavy atom. The van der Waals surface area contributed by atoms with Crippen molar-refractivity contribution >= 4 is 11.3 Å². The van der Waals surface area contributed by atoms with Crippen LogP contribution in [0.5, 0.6) is 0 Å². The van der Waals surface area contributed by atoms with Crippen LogP contribution >= 0.6 is 11.3 Å². The number of hydrogen-bond acceptors (Lipinski definition) is 3. The van der Waals surface area contributed by atoms with Crippen LogP contribution in [-0.4, -0.2) is 11.5 Å². The van der Waals surface area contributed by atoms with Gasteiger partial charge in [-0.3, -0.25) is 0 Å². The lowest BCUT2D eigenvalue weighted by Crippen LogP contribution is -2.09. The number of rotatable bonds is 4. The highest BCUT2D eigenvalue weighted by Crippen LogP contribution is 2.30. The van der Waals surface area contributed by atoms with Crippen LogP contribution in [0.15, 0.2) is 0 Å². The summed E-state index contributed by atoms with van der Waals surface area (Å²) in [4.78, 5) is 6.29. The summed E-state index contributed by atoms with van der Waals surface area (Å²) < 4.78 is 0. The van der Waals surface area contributed by atoms with Gasteiger partial charge in [-0.25, -0.2) is 4.98 Å². The van der Waals surface area contributed by atoms with Crippen molar-refractivity contribution in [2.45, 2.75) is 45.4 Å². The number of nitrogens with two attached hydrogens (primary N) is 1. The fraction of sp³-hybridized carbons (Fsp3) is 0.750. The van der Waals surface area contributed by atoms with Crippen LogP contribution in [0, 0.1) is 5.92 Å². The standard InChI is InChI=1S/C12H20N2S/c1-9-5-6-10-11(8-9)15-12(14-10)4-2-3-7-13/h9H,2-8,13H2,1H3. The van der Waals surface area contributed by atoms with Crippen molar-refractivity contribution in [3.8, 4) is 0 Å². The first-order valence-corrected chi connectivity index (χ1v) is 6.78. The van der Waals surface area contributed by atoms with E-state index in [-0.39, 0.29) is 0 Å². The summed E-state index contributed by atoms with van der Waals surface area (Å²) in [7, 11) is 0. The molecule has 1 atom stereocenters. The molecule has 2 N–H and O–H groups in total. The van der Waals surface area contributed by atoms with Gasteiger partial charge in [0, 0.05) is 4.88 Å². The lowest BCUT2D eigenvalue weighted by Gasteiger charge is -2.15. The van der Waals surface area contributed by atoms with E-state index in [0.717, 1.165) is 25.3 Å². The molecule has 3 heteroatoms. The zero-order chi connectivity index (χ0) is 10.7. The summed E-state index contributed by atoms with van der Waals surface area (Å²) in [6.07, 6.45) is 7.22. The quantitative estimate of drug-likeness (QED) is 0.798. The highest BCUT2D eigenvalue weighted by Gasteiger charge is 2.19. The van der Waals surface area contributed by atoms with E-state index in [4.69, 9.17) is 10.7 Å². The minimum atomic E-state index is 0.808. The second-order valence-corrected chi connectivity index (χ2v) is 5.74. The lowest BCUT2D eigenvalue weighted by molar-refractivity contribution is 0.501. The number of fused-ring (bicyclic) bond motifs is 1. The molecule has 0 fully saturated rings. The fourth-order valence-electron chi connectivity index (χ4n) is 2.12. The second kappa shape index (κ2) is 5.08. The van der Waals surface area contributed by atoms with Crippen molar-refractivity contribution in [1.29, 1.82) is 0 Å². The number of aromatic nitrogens is 1. The van der Waals surface area contributed by atoms with Crippen molar-refractivity contribution < 1.29 is 0 Å². The Bertz CT molecular complexity index is 319. The van der Waals surface area contributed by atoms with Gasteiger partial charge in [0.15, 0.2) is 0 Å². The normalized spacial score (nSPS) is 20.3. The summed E-state index contributed by atoms with van der Waals surface area (Å²) in [5, 5.41) is 1.34. The monoisotopic (exact) mass is 224 g/mol. The van der Waals surface area contributed by atoms with Crippen LogP contribution < -0.4 is 5.73 Å². The van der Waals surface area contributed by atoms with Crippen molar-refractivity contribution in [1.82, 2.24) is 4.98 Å². The topological polar surface area (TPSA) is 38.9 Å². The molecule has 0 saturated heterocycles. The Morgan fingerprint density at radius 1 is 1.47 bits per heavy atom. The maximum atomic E-state index is 5.49. The number of hydrogen-bond donors (Lipinski definition) is 1. The molecule has 0 radical (unpaired) electrons. The summed E-state index contributed by atoms with van der Waals surface area (Å²) in [5.74, 6) is 0.856. The van der Waals surface area contributed by atoms with Crippen LogP contribution in [0.25, 0.3) is 0 Å². The molecular weight excluding hydrogens is 204 g/mol. The SMILES string of the molecule is CC1CCc2nc(CCCCN)sc2C1. The van der Waals surface area contributed by atoms with Gasteiger partial charge >= 0.3 is 0 Å². The highest BCUT2D eigenvalue weighted by molar-refractivity contribution is 7.11. The Balaban J connectivity index is 1.96. The smallest absolute Gasteiger partial charge is 0.0931 e. The number of thiazole rings is 1. The van der Waals surface area contributed by atoms with E-state index in [9.17, 15) is 0 Å². The predicted molar refractivity (Wildman–Crippen MR) is 65.3 cm³/mol. The number of nitrogens with zero attached hydrogens (tertiary/aromatic N) is 1. The van der Waals surface area contributed by atoms with E-state index in [2.05, 4.69) is 6.92 Å². The molecule has 2 rings (SSSR count). The molecule has 1 aliphatic carbocycles. The zero-order valence-electron chi connectivity index (χ0n) is 9.46. The maximum Gasteiger partial charge on any atom is 0.0931 e. The summed E-state index contributed by atoms with van der Waals surface area (Å²) >= 11 is 1.94. The van der Waals surface area contributed by atoms with Gasteiger partial charge in [-0.2, -0.15) is 0 Å². The lowest BCUT2D eigenvalue weighted by atomic mass is 9.93. The van der Waals surface area contributed by atoms with E-state index in [0.29, 0.717) is 0 Å². The van der Waals surface area contributed by atoms with Crippen LogP contribution in [0.2, 0.25) is 0 Å². The molecule has 84 valence electrons. The second-order valence-electron chi connectivity index (χ2n) is 4.57. The van der Waals surface area contributed by atoms with Crippen molar-refractivity contribution in [2.24, 2.45) is 11.7 Å². The molecule has 0 aliphatic heterocycles. The van der Waals surface area contributed by atoms with Gasteiger partial charge < -0.3 is 5.73 Å². The van der Waals surface area contributed by atoms with Gasteiger partial charge in [0.05, 0.1) is 10.7 Å². The van der Waals surface area contributed by atoms with Gasteiger partial charge in [0.2, 0.25) is 0 Å². The van der Waals surface area contributed by atoms with Crippen LogP contribution in [0.4, 0.5) is 0 Å². The summed E-state index contributed by atoms with van der Waals surface area (Å²) in [5.41, 5.74) is 6.88. The molecule has 0 saturated carbocycles. The first-order chi connectivity index (χ1) is 7.29. The Hall–Kier alpha value is -0.410. The molecule has 1 heterocycles. The minimum absolute atomic E-state index is 0.808. The Labute approximate surface area is 95.9 Å². The third-order valence-corrected chi connectivity index (χ3v) is 4.25. The highest BCUT2D eigenvalue weighted by atomic mass is 32.1. The predicted octanol–water partition coefficient (Wildman–Crippen LogP) is 2.55. The Kier molecular flexibility index (Phi) is 3.76. The van der Waals surface area contributed by atoms with Gasteiger partial charge in [-0.05, 0) is 51.0 Å². The number of aryl methyl sites for hydroxylation is 2. The molecule has 0 amide bonds. The molecule has 2 nitrogen and oxygen atoms in total. The average Bonchev–Trinajstić information content (AvgIpc) is 2.60. The summed E-state index contributed by atoms with van der Waals surface area (Å²) in [6.45, 7) is 3.15. The zero-order valence-corrected chi connectivity index (χ0v) is 10.3. The maximum absolute atomic E-state index is 5.49. The molecule has 0 bridgehead atoms. The van der Waals surface area contributed by atoms with Crippen LogP contribution in [0.3, 0.4) is 0 Å². The van der Waals surface area contributed by atoms with E-state index in [1.165, 1.54) is 36.4 Å². The molecule has 1 aromatic rings. The largest absolute Gasteiger partial charge is 0.330 e. The molecule has 1 aromatic heterocycles. The third kappa shape index (κ3) is 2.79. The van der Waals surface area contributed by atoms with E-state index in [1.807, 2.05) is 11.3 Å². The molecular formula is C12H20N2S. The van der Waals surface area contributed by atoms with E-state index in [1.54, 1.807) is 4.88 Å². The van der Waals surface area contributed by atoms with Crippen molar-refractivity contribution in [2.75, 3.05) is 6.54 Å². The van der Waals surface area contributed by atoms with Gasteiger partial charge in [-0.15, -0.1) is 11.3 Å². The molecule has 0 spiro atoms. The van der Waals surface area contributed by atoms with Crippen molar-refractivity contribution in [3.63, 3.8) is 0 Å². The van der Waals surface area contributed by atoms with Gasteiger partial charge in [0.1, 0.15) is 0 Å². The molecule has 0 aromatic carbocycles. The Morgan fingerprint density at radius 3 is 3.13 bits per heavy atom. The van der Waals surface area contributed by atoms with E-state index < -0.39 is 0 Å². The first-order valence-electron chi connectivity index (χ1n) is 5.97. The molecule has 1 unspecified atom stereocenters.